The third-order valence-corrected chi connectivity index (χ3v) is 2.22. The highest BCUT2D eigenvalue weighted by Gasteiger charge is 2.04. The van der Waals surface area contributed by atoms with Crippen LogP contribution in [-0.4, -0.2) is 24.2 Å². The Morgan fingerprint density at radius 3 is 2.93 bits per heavy atom. The molecule has 0 amide bonds. The summed E-state index contributed by atoms with van der Waals surface area (Å²) in [7, 11) is 0. The number of nitrogens with zero attached hydrogens (tertiary/aromatic N) is 1. The Morgan fingerprint density at radius 1 is 1.40 bits per heavy atom. The Bertz CT molecular complexity index is 367. The minimum absolute atomic E-state index is 0.272. The van der Waals surface area contributed by atoms with Crippen LogP contribution < -0.4 is 10.6 Å². The molecule has 2 rings (SSSR count). The van der Waals surface area contributed by atoms with Gasteiger partial charge in [-0.1, -0.05) is 0 Å². The molecule has 1 aliphatic heterocycles. The highest BCUT2D eigenvalue weighted by Crippen LogP contribution is 2.19. The lowest BCUT2D eigenvalue weighted by molar-refractivity contribution is 0.475. The largest absolute Gasteiger partial charge is 0.508 e. The highest BCUT2D eigenvalue weighted by atomic mass is 16.3. The zero-order chi connectivity index (χ0) is 10.7. The van der Waals surface area contributed by atoms with Crippen LogP contribution in [0.15, 0.2) is 23.2 Å². The third kappa shape index (κ3) is 2.62. The number of aromatic hydroxyl groups is 1. The first-order valence-corrected chi connectivity index (χ1v) is 5.10. The molecule has 0 unspecified atom stereocenters. The average molecular weight is 205 g/mol. The van der Waals surface area contributed by atoms with Crippen molar-refractivity contribution in [1.82, 2.24) is 5.32 Å². The van der Waals surface area contributed by atoms with Gasteiger partial charge in [-0.05, 0) is 31.0 Å². The number of hydrogen-bond acceptors (Lipinski definition) is 4. The number of aliphatic imine (C=N–C) groups is 1. The molecule has 0 atom stereocenters. The Morgan fingerprint density at radius 2 is 2.27 bits per heavy atom. The van der Waals surface area contributed by atoms with Crippen molar-refractivity contribution in [2.24, 2.45) is 4.99 Å². The predicted molar refractivity (Wildman–Crippen MR) is 61.4 cm³/mol. The molecular formula is C11H15N3O. The van der Waals surface area contributed by atoms with Gasteiger partial charge in [0.2, 0.25) is 0 Å². The zero-order valence-corrected chi connectivity index (χ0v) is 8.75. The molecule has 0 fully saturated rings. The molecular weight excluding hydrogens is 190 g/mol. The second kappa shape index (κ2) is 4.21. The van der Waals surface area contributed by atoms with Crippen LogP contribution in [0.5, 0.6) is 5.75 Å². The van der Waals surface area contributed by atoms with E-state index in [9.17, 15) is 5.11 Å². The van der Waals surface area contributed by atoms with Crippen molar-refractivity contribution in [3.05, 3.63) is 23.8 Å². The Labute approximate surface area is 89.0 Å². The van der Waals surface area contributed by atoms with Gasteiger partial charge in [0.1, 0.15) is 5.75 Å². The number of phenols is 1. The fourth-order valence-electron chi connectivity index (χ4n) is 1.59. The topological polar surface area (TPSA) is 56.6 Å². The first-order chi connectivity index (χ1) is 7.24. The maximum atomic E-state index is 9.42. The number of rotatable bonds is 1. The molecule has 1 heterocycles. The highest BCUT2D eigenvalue weighted by molar-refractivity contribution is 5.94. The van der Waals surface area contributed by atoms with Crippen molar-refractivity contribution in [1.29, 1.82) is 0 Å². The van der Waals surface area contributed by atoms with Gasteiger partial charge in [0.15, 0.2) is 5.96 Å². The zero-order valence-electron chi connectivity index (χ0n) is 8.75. The minimum Gasteiger partial charge on any atom is -0.508 e. The van der Waals surface area contributed by atoms with Gasteiger partial charge >= 0.3 is 0 Å². The van der Waals surface area contributed by atoms with Crippen molar-refractivity contribution in [2.45, 2.75) is 13.3 Å². The second-order valence-corrected chi connectivity index (χ2v) is 3.69. The molecule has 0 radical (unpaired) electrons. The number of benzene rings is 1. The maximum Gasteiger partial charge on any atom is 0.195 e. The summed E-state index contributed by atoms with van der Waals surface area (Å²) < 4.78 is 0. The lowest BCUT2D eigenvalue weighted by Crippen LogP contribution is -2.35. The molecule has 3 N–H and O–H groups in total. The lowest BCUT2D eigenvalue weighted by Gasteiger charge is -2.16. The summed E-state index contributed by atoms with van der Waals surface area (Å²) in [4.78, 5) is 4.30. The molecule has 1 aromatic rings. The number of hydrogen-bond donors (Lipinski definition) is 3. The van der Waals surface area contributed by atoms with Crippen LogP contribution in [0.1, 0.15) is 12.0 Å². The third-order valence-electron chi connectivity index (χ3n) is 2.22. The quantitative estimate of drug-likeness (QED) is 0.650. The predicted octanol–water partition coefficient (Wildman–Crippen LogP) is 1.46. The van der Waals surface area contributed by atoms with Crippen molar-refractivity contribution in [3.8, 4) is 5.75 Å². The normalized spacial score (nSPS) is 15.4. The first kappa shape index (κ1) is 9.83. The SMILES string of the molecule is Cc1cc(O)cc(NC2=NCCCN2)c1. The Kier molecular flexibility index (Phi) is 2.76. The number of guanidine groups is 1. The van der Waals surface area contributed by atoms with Gasteiger partial charge in [-0.25, -0.2) is 0 Å². The van der Waals surface area contributed by atoms with E-state index in [2.05, 4.69) is 15.6 Å². The van der Waals surface area contributed by atoms with Gasteiger partial charge in [-0.15, -0.1) is 0 Å². The fraction of sp³-hybridized carbons (Fsp3) is 0.364. The molecule has 15 heavy (non-hydrogen) atoms. The molecule has 4 nitrogen and oxygen atoms in total. The van der Waals surface area contributed by atoms with E-state index >= 15 is 0 Å². The van der Waals surface area contributed by atoms with E-state index in [4.69, 9.17) is 0 Å². The van der Waals surface area contributed by atoms with Gasteiger partial charge in [0, 0.05) is 24.8 Å². The molecule has 1 aromatic carbocycles. The van der Waals surface area contributed by atoms with Gasteiger partial charge < -0.3 is 15.7 Å². The minimum atomic E-state index is 0.272. The number of phenolic OH excluding ortho intramolecular Hbond substituents is 1. The maximum absolute atomic E-state index is 9.42. The summed E-state index contributed by atoms with van der Waals surface area (Å²) in [6.07, 6.45) is 1.07. The van der Waals surface area contributed by atoms with Crippen LogP contribution in [0.2, 0.25) is 0 Å². The molecule has 1 aliphatic rings. The monoisotopic (exact) mass is 205 g/mol. The Balaban J connectivity index is 2.12. The summed E-state index contributed by atoms with van der Waals surface area (Å²) in [6.45, 7) is 3.75. The summed E-state index contributed by atoms with van der Waals surface area (Å²) >= 11 is 0. The molecule has 0 aliphatic carbocycles. The molecule has 4 heteroatoms. The molecule has 0 saturated heterocycles. The van der Waals surface area contributed by atoms with E-state index in [0.717, 1.165) is 36.7 Å². The van der Waals surface area contributed by atoms with Crippen LogP contribution in [0.25, 0.3) is 0 Å². The van der Waals surface area contributed by atoms with E-state index < -0.39 is 0 Å². The van der Waals surface area contributed by atoms with Crippen LogP contribution in [0.3, 0.4) is 0 Å². The summed E-state index contributed by atoms with van der Waals surface area (Å²) in [5.41, 5.74) is 1.88. The van der Waals surface area contributed by atoms with E-state index in [1.165, 1.54) is 0 Å². The molecule has 80 valence electrons. The second-order valence-electron chi connectivity index (χ2n) is 3.69. The van der Waals surface area contributed by atoms with E-state index in [1.807, 2.05) is 13.0 Å². The Hall–Kier alpha value is -1.71. The first-order valence-electron chi connectivity index (χ1n) is 5.10. The summed E-state index contributed by atoms with van der Waals surface area (Å²) in [5, 5.41) is 15.7. The number of anilines is 1. The van der Waals surface area contributed by atoms with Crippen molar-refractivity contribution in [2.75, 3.05) is 18.4 Å². The molecule has 0 bridgehead atoms. The van der Waals surface area contributed by atoms with E-state index in [-0.39, 0.29) is 5.75 Å². The summed E-state index contributed by atoms with van der Waals surface area (Å²) in [5.74, 6) is 1.06. The molecule has 0 saturated carbocycles. The fourth-order valence-corrected chi connectivity index (χ4v) is 1.59. The van der Waals surface area contributed by atoms with Crippen LogP contribution in [0, 0.1) is 6.92 Å². The van der Waals surface area contributed by atoms with Gasteiger partial charge in [0.05, 0.1) is 0 Å². The molecule has 0 aromatic heterocycles. The average Bonchev–Trinajstić information content (AvgIpc) is 2.17. The van der Waals surface area contributed by atoms with Crippen molar-refractivity contribution < 1.29 is 5.11 Å². The van der Waals surface area contributed by atoms with Gasteiger partial charge in [-0.3, -0.25) is 4.99 Å². The van der Waals surface area contributed by atoms with Crippen molar-refractivity contribution >= 4 is 11.6 Å². The molecule has 0 spiro atoms. The number of nitrogens with one attached hydrogen (secondary N) is 2. The van der Waals surface area contributed by atoms with Crippen LogP contribution in [-0.2, 0) is 0 Å². The van der Waals surface area contributed by atoms with Gasteiger partial charge in [0.25, 0.3) is 0 Å². The standard InChI is InChI=1S/C11H15N3O/c1-8-5-9(7-10(15)6-8)14-11-12-3-2-4-13-11/h5-7,15H,2-4H2,1H3,(H2,12,13,14). The lowest BCUT2D eigenvalue weighted by atomic mass is 10.2. The van der Waals surface area contributed by atoms with Crippen LogP contribution in [0.4, 0.5) is 5.69 Å². The van der Waals surface area contributed by atoms with E-state index in [1.54, 1.807) is 12.1 Å². The summed E-state index contributed by atoms with van der Waals surface area (Å²) in [6, 6.07) is 5.38. The van der Waals surface area contributed by atoms with E-state index in [0.29, 0.717) is 0 Å². The van der Waals surface area contributed by atoms with Crippen LogP contribution >= 0.6 is 0 Å². The van der Waals surface area contributed by atoms with Gasteiger partial charge in [-0.2, -0.15) is 0 Å². The smallest absolute Gasteiger partial charge is 0.195 e. The number of aryl methyl sites for hydroxylation is 1. The van der Waals surface area contributed by atoms with Crippen molar-refractivity contribution in [3.63, 3.8) is 0 Å².